The molecule has 6 heteroatoms. The number of allylic oxidation sites excluding steroid dienone is 2. The zero-order chi connectivity index (χ0) is 18.3. The second-order valence-electron chi connectivity index (χ2n) is 5.79. The fourth-order valence-electron chi connectivity index (χ4n) is 3.01. The summed E-state index contributed by atoms with van der Waals surface area (Å²) in [6.45, 7) is 3.14. The molecule has 0 atom stereocenters. The molecule has 3 nitrogen and oxygen atoms in total. The minimum atomic E-state index is -0.939. The molecule has 0 unspecified atom stereocenters. The number of halogens is 3. The Balaban J connectivity index is 2.14. The molecule has 25 heavy (non-hydrogen) atoms. The van der Waals surface area contributed by atoms with Crippen LogP contribution in [0, 0.1) is 24.4 Å². The van der Waals surface area contributed by atoms with Crippen LogP contribution in [0.4, 0.5) is 13.2 Å². The van der Waals surface area contributed by atoms with Crippen LogP contribution in [0.1, 0.15) is 45.4 Å². The molecule has 0 N–H and O–H groups in total. The standard InChI is InChI=1S/C19H14F3NO2/c1-3-11-12(8-10-4-5-13(20)9(2)23-10)19(25)17-15(22)7-6-14(21)16(17)18(11)24/h4-7H,3,8H2,1-2H3. The highest BCUT2D eigenvalue weighted by atomic mass is 19.1. The third-order valence-corrected chi connectivity index (χ3v) is 4.26. The molecule has 2 aromatic rings. The summed E-state index contributed by atoms with van der Waals surface area (Å²) in [5.74, 6) is -3.77. The van der Waals surface area contributed by atoms with Crippen LogP contribution in [0.25, 0.3) is 0 Å². The van der Waals surface area contributed by atoms with Crippen LogP contribution >= 0.6 is 0 Å². The van der Waals surface area contributed by atoms with Gasteiger partial charge in [0.2, 0.25) is 0 Å². The summed E-state index contributed by atoms with van der Waals surface area (Å²) < 4.78 is 41.5. The lowest BCUT2D eigenvalue weighted by molar-refractivity contribution is 0.0963. The van der Waals surface area contributed by atoms with Gasteiger partial charge in [-0.15, -0.1) is 0 Å². The van der Waals surface area contributed by atoms with E-state index in [0.717, 1.165) is 12.1 Å². The number of hydrogen-bond acceptors (Lipinski definition) is 3. The normalized spacial score (nSPS) is 14.1. The lowest BCUT2D eigenvalue weighted by atomic mass is 9.80. The van der Waals surface area contributed by atoms with E-state index in [-0.39, 0.29) is 29.7 Å². The number of pyridine rings is 1. The third-order valence-electron chi connectivity index (χ3n) is 4.26. The van der Waals surface area contributed by atoms with Crippen molar-refractivity contribution in [2.75, 3.05) is 0 Å². The molecule has 0 bridgehead atoms. The van der Waals surface area contributed by atoms with Crippen molar-refractivity contribution in [3.05, 3.63) is 75.4 Å². The lowest BCUT2D eigenvalue weighted by Crippen LogP contribution is -2.26. The predicted octanol–water partition coefficient (Wildman–Crippen LogP) is 4.14. The lowest BCUT2D eigenvalue weighted by Gasteiger charge is -2.21. The number of nitrogens with zero attached hydrogens (tertiary/aromatic N) is 1. The van der Waals surface area contributed by atoms with Gasteiger partial charge < -0.3 is 0 Å². The number of fused-ring (bicyclic) bond motifs is 1. The van der Waals surface area contributed by atoms with Gasteiger partial charge in [-0.2, -0.15) is 0 Å². The molecule has 0 aliphatic heterocycles. The van der Waals surface area contributed by atoms with E-state index in [1.165, 1.54) is 19.1 Å². The number of hydrogen-bond donors (Lipinski definition) is 0. The molecule has 1 heterocycles. The van der Waals surface area contributed by atoms with E-state index in [9.17, 15) is 22.8 Å². The second kappa shape index (κ2) is 6.27. The zero-order valence-corrected chi connectivity index (χ0v) is 13.6. The zero-order valence-electron chi connectivity index (χ0n) is 13.6. The van der Waals surface area contributed by atoms with E-state index in [2.05, 4.69) is 4.98 Å². The van der Waals surface area contributed by atoms with Crippen LogP contribution in [0.5, 0.6) is 0 Å². The fraction of sp³-hybridized carbons (Fsp3) is 0.211. The van der Waals surface area contributed by atoms with Gasteiger partial charge in [-0.3, -0.25) is 14.6 Å². The Hall–Kier alpha value is -2.76. The average molecular weight is 345 g/mol. The molecule has 0 amide bonds. The van der Waals surface area contributed by atoms with E-state index >= 15 is 0 Å². The first kappa shape index (κ1) is 17.1. The number of ketones is 2. The maximum Gasteiger partial charge on any atom is 0.193 e. The predicted molar refractivity (Wildman–Crippen MR) is 85.0 cm³/mol. The Morgan fingerprint density at radius 2 is 1.36 bits per heavy atom. The Bertz CT molecular complexity index is 948. The van der Waals surface area contributed by atoms with Gasteiger partial charge in [-0.1, -0.05) is 6.92 Å². The monoisotopic (exact) mass is 345 g/mol. The first-order chi connectivity index (χ1) is 11.8. The van der Waals surface area contributed by atoms with Crippen LogP contribution < -0.4 is 0 Å². The van der Waals surface area contributed by atoms with Crippen LogP contribution in [-0.2, 0) is 6.42 Å². The summed E-state index contributed by atoms with van der Waals surface area (Å²) in [6, 6.07) is 4.28. The van der Waals surface area contributed by atoms with Crippen molar-refractivity contribution in [1.29, 1.82) is 0 Å². The molecule has 1 aromatic carbocycles. The summed E-state index contributed by atoms with van der Waals surface area (Å²) in [7, 11) is 0. The van der Waals surface area contributed by atoms with Crippen LogP contribution in [0.3, 0.4) is 0 Å². The van der Waals surface area contributed by atoms with Gasteiger partial charge in [0.1, 0.15) is 17.5 Å². The summed E-state index contributed by atoms with van der Waals surface area (Å²) in [6.07, 6.45) is 0.139. The van der Waals surface area contributed by atoms with E-state index in [4.69, 9.17) is 0 Å². The Morgan fingerprint density at radius 1 is 0.840 bits per heavy atom. The maximum absolute atomic E-state index is 14.1. The van der Waals surface area contributed by atoms with E-state index in [1.807, 2.05) is 0 Å². The fourth-order valence-corrected chi connectivity index (χ4v) is 3.01. The number of aryl methyl sites for hydroxylation is 1. The topological polar surface area (TPSA) is 47.0 Å². The molecule has 0 saturated heterocycles. The first-order valence-corrected chi connectivity index (χ1v) is 7.76. The number of Topliss-reactive ketones (excluding diaryl/α,β-unsaturated/α-hetero) is 2. The molecule has 3 rings (SSSR count). The molecule has 0 radical (unpaired) electrons. The highest BCUT2D eigenvalue weighted by Crippen LogP contribution is 2.32. The van der Waals surface area contributed by atoms with Gasteiger partial charge in [0.25, 0.3) is 0 Å². The maximum atomic E-state index is 14.1. The summed E-state index contributed by atoms with van der Waals surface area (Å²) >= 11 is 0. The van der Waals surface area contributed by atoms with E-state index in [1.54, 1.807) is 6.92 Å². The van der Waals surface area contributed by atoms with Crippen LogP contribution in [-0.4, -0.2) is 16.6 Å². The minimum Gasteiger partial charge on any atom is -0.289 e. The molecule has 1 aliphatic rings. The molecule has 1 aliphatic carbocycles. The first-order valence-electron chi connectivity index (χ1n) is 7.76. The quantitative estimate of drug-likeness (QED) is 0.840. The van der Waals surface area contributed by atoms with E-state index in [0.29, 0.717) is 5.69 Å². The molecule has 0 saturated carbocycles. The number of carbonyl (C=O) groups excluding carboxylic acids is 2. The number of rotatable bonds is 3. The Kier molecular flexibility index (Phi) is 4.29. The third kappa shape index (κ3) is 2.77. The molecule has 0 fully saturated rings. The van der Waals surface area contributed by atoms with Crippen molar-refractivity contribution < 1.29 is 22.8 Å². The molecular formula is C19H14F3NO2. The van der Waals surface area contributed by atoms with Crippen molar-refractivity contribution in [2.24, 2.45) is 0 Å². The molecule has 0 spiro atoms. The van der Waals surface area contributed by atoms with Crippen molar-refractivity contribution >= 4 is 11.6 Å². The van der Waals surface area contributed by atoms with Crippen molar-refractivity contribution in [3.63, 3.8) is 0 Å². The molecule has 128 valence electrons. The summed E-state index contributed by atoms with van der Waals surface area (Å²) in [4.78, 5) is 29.4. The van der Waals surface area contributed by atoms with Crippen molar-refractivity contribution in [1.82, 2.24) is 4.98 Å². The largest absolute Gasteiger partial charge is 0.289 e. The van der Waals surface area contributed by atoms with E-state index < -0.39 is 40.1 Å². The van der Waals surface area contributed by atoms with Gasteiger partial charge >= 0.3 is 0 Å². The van der Waals surface area contributed by atoms with Gasteiger partial charge in [0.15, 0.2) is 11.6 Å². The van der Waals surface area contributed by atoms with Crippen molar-refractivity contribution in [3.8, 4) is 0 Å². The molecular weight excluding hydrogens is 331 g/mol. The van der Waals surface area contributed by atoms with Gasteiger partial charge in [0, 0.05) is 23.3 Å². The number of carbonyl (C=O) groups is 2. The van der Waals surface area contributed by atoms with Gasteiger partial charge in [-0.25, -0.2) is 13.2 Å². The van der Waals surface area contributed by atoms with Crippen LogP contribution in [0.2, 0.25) is 0 Å². The average Bonchev–Trinajstić information content (AvgIpc) is 2.58. The number of aromatic nitrogens is 1. The van der Waals surface area contributed by atoms with Gasteiger partial charge in [-0.05, 0) is 37.6 Å². The van der Waals surface area contributed by atoms with Crippen molar-refractivity contribution in [2.45, 2.75) is 26.7 Å². The summed E-state index contributed by atoms with van der Waals surface area (Å²) in [5.41, 5.74) is -0.330. The Morgan fingerprint density at radius 3 is 1.88 bits per heavy atom. The SMILES string of the molecule is CCC1=C(Cc2ccc(F)c(C)n2)C(=O)c2c(F)ccc(F)c2C1=O. The minimum absolute atomic E-state index is 0.0513. The van der Waals surface area contributed by atoms with Crippen LogP contribution in [0.15, 0.2) is 35.4 Å². The smallest absolute Gasteiger partial charge is 0.193 e. The summed E-state index contributed by atoms with van der Waals surface area (Å²) in [5, 5.41) is 0. The Labute approximate surface area is 142 Å². The van der Waals surface area contributed by atoms with Gasteiger partial charge in [0.05, 0.1) is 16.8 Å². The second-order valence-corrected chi connectivity index (χ2v) is 5.79. The highest BCUT2D eigenvalue weighted by Gasteiger charge is 2.35. The highest BCUT2D eigenvalue weighted by molar-refractivity contribution is 6.27. The number of benzene rings is 1. The molecule has 1 aromatic heterocycles.